The van der Waals surface area contributed by atoms with E-state index in [9.17, 15) is 4.79 Å². The van der Waals surface area contributed by atoms with Gasteiger partial charge >= 0.3 is 0 Å². The predicted molar refractivity (Wildman–Crippen MR) is 56.8 cm³/mol. The number of nitrogens with one attached hydrogen (secondary N) is 1. The van der Waals surface area contributed by atoms with Crippen LogP contribution >= 0.6 is 11.3 Å². The fourth-order valence-corrected chi connectivity index (χ4v) is 1.66. The van der Waals surface area contributed by atoms with E-state index in [1.807, 2.05) is 12.3 Å². The molecule has 0 aliphatic heterocycles. The Morgan fingerprint density at radius 1 is 1.79 bits per heavy atom. The molecule has 1 aromatic rings. The van der Waals surface area contributed by atoms with Crippen molar-refractivity contribution in [2.45, 2.75) is 19.9 Å². The Hall–Kier alpha value is -0.940. The Morgan fingerprint density at radius 3 is 3.07 bits per heavy atom. The second-order valence-corrected chi connectivity index (χ2v) is 3.96. The summed E-state index contributed by atoms with van der Waals surface area (Å²) in [5, 5.41) is 5.63. The van der Waals surface area contributed by atoms with E-state index in [2.05, 4.69) is 10.3 Å². The molecule has 0 aliphatic rings. The molecule has 1 unspecified atom stereocenters. The van der Waals surface area contributed by atoms with Crippen molar-refractivity contribution in [3.63, 3.8) is 0 Å². The zero-order valence-corrected chi connectivity index (χ0v) is 9.01. The lowest BCUT2D eigenvalue weighted by Crippen LogP contribution is -2.34. The normalized spacial score (nSPS) is 12.4. The Bertz CT molecular complexity index is 270. The number of carbonyl (C=O) groups excluding carboxylic acids is 1. The topological polar surface area (TPSA) is 68.0 Å². The summed E-state index contributed by atoms with van der Waals surface area (Å²) in [7, 11) is 0. The van der Waals surface area contributed by atoms with Gasteiger partial charge in [0.25, 0.3) is 0 Å². The van der Waals surface area contributed by atoms with E-state index in [1.54, 1.807) is 6.20 Å². The number of nitrogens with two attached hydrogens (primary N) is 1. The number of thiazole rings is 1. The van der Waals surface area contributed by atoms with Gasteiger partial charge in [0.1, 0.15) is 5.01 Å². The molecule has 3 N–H and O–H groups in total. The summed E-state index contributed by atoms with van der Waals surface area (Å²) in [6.45, 7) is 2.87. The van der Waals surface area contributed by atoms with Crippen molar-refractivity contribution < 1.29 is 4.79 Å². The van der Waals surface area contributed by atoms with Gasteiger partial charge in [-0.3, -0.25) is 4.79 Å². The predicted octanol–water partition coefficient (Wildman–Crippen LogP) is 0.744. The van der Waals surface area contributed by atoms with Crippen LogP contribution in [0.2, 0.25) is 0 Å². The molecule has 0 spiro atoms. The summed E-state index contributed by atoms with van der Waals surface area (Å²) in [5.41, 5.74) is 5.46. The zero-order chi connectivity index (χ0) is 10.4. The van der Waals surface area contributed by atoms with Gasteiger partial charge in [-0.15, -0.1) is 11.3 Å². The van der Waals surface area contributed by atoms with Crippen LogP contribution in [0.3, 0.4) is 0 Å². The van der Waals surface area contributed by atoms with Crippen LogP contribution in [0.4, 0.5) is 0 Å². The average molecular weight is 213 g/mol. The minimum absolute atomic E-state index is 0.0187. The second kappa shape index (κ2) is 5.72. The number of rotatable bonds is 5. The summed E-state index contributed by atoms with van der Waals surface area (Å²) in [5.74, 6) is -0.0554. The molecule has 0 aromatic carbocycles. The lowest BCUT2D eigenvalue weighted by atomic mass is 10.1. The average Bonchev–Trinajstić information content (AvgIpc) is 2.69. The van der Waals surface area contributed by atoms with Crippen LogP contribution in [-0.2, 0) is 11.3 Å². The Balaban J connectivity index is 2.34. The fourth-order valence-electron chi connectivity index (χ4n) is 1.11. The van der Waals surface area contributed by atoms with Crippen LogP contribution in [0.1, 0.15) is 18.4 Å². The summed E-state index contributed by atoms with van der Waals surface area (Å²) >= 11 is 1.53. The highest BCUT2D eigenvalue weighted by molar-refractivity contribution is 7.09. The number of nitrogens with zero attached hydrogens (tertiary/aromatic N) is 1. The highest BCUT2D eigenvalue weighted by Crippen LogP contribution is 2.04. The number of hydrogen-bond donors (Lipinski definition) is 2. The maximum absolute atomic E-state index is 11.5. The van der Waals surface area contributed by atoms with E-state index in [1.165, 1.54) is 11.3 Å². The van der Waals surface area contributed by atoms with Crippen molar-refractivity contribution in [3.05, 3.63) is 16.6 Å². The van der Waals surface area contributed by atoms with Gasteiger partial charge in [-0.05, 0) is 6.42 Å². The molecule has 0 saturated carbocycles. The molecule has 1 atom stereocenters. The molecule has 0 aliphatic carbocycles. The molecule has 0 saturated heterocycles. The SMILES string of the molecule is CCC(CN)C(=O)NCc1nccs1. The van der Waals surface area contributed by atoms with Crippen LogP contribution in [0, 0.1) is 5.92 Å². The van der Waals surface area contributed by atoms with Gasteiger partial charge in [0.15, 0.2) is 0 Å². The third-order valence-corrected chi connectivity index (χ3v) is 2.83. The van der Waals surface area contributed by atoms with Crippen molar-refractivity contribution in [2.24, 2.45) is 11.7 Å². The van der Waals surface area contributed by atoms with Crippen LogP contribution < -0.4 is 11.1 Å². The lowest BCUT2D eigenvalue weighted by Gasteiger charge is -2.11. The minimum atomic E-state index is -0.0741. The van der Waals surface area contributed by atoms with Gasteiger partial charge in [0.05, 0.1) is 6.54 Å². The Labute approximate surface area is 87.5 Å². The largest absolute Gasteiger partial charge is 0.349 e. The number of carbonyl (C=O) groups is 1. The molecule has 1 rings (SSSR count). The highest BCUT2D eigenvalue weighted by Gasteiger charge is 2.13. The first kappa shape index (κ1) is 11.1. The molecule has 78 valence electrons. The van der Waals surface area contributed by atoms with Crippen LogP contribution in [0.25, 0.3) is 0 Å². The molecule has 1 aromatic heterocycles. The maximum atomic E-state index is 11.5. The Morgan fingerprint density at radius 2 is 2.57 bits per heavy atom. The van der Waals surface area contributed by atoms with Crippen molar-refractivity contribution in [1.82, 2.24) is 10.3 Å². The monoisotopic (exact) mass is 213 g/mol. The molecule has 1 heterocycles. The van der Waals surface area contributed by atoms with Gasteiger partial charge in [-0.2, -0.15) is 0 Å². The first-order chi connectivity index (χ1) is 6.77. The number of amides is 1. The minimum Gasteiger partial charge on any atom is -0.349 e. The van der Waals surface area contributed by atoms with Gasteiger partial charge in [0.2, 0.25) is 5.91 Å². The van der Waals surface area contributed by atoms with Gasteiger partial charge in [0, 0.05) is 24.0 Å². The second-order valence-electron chi connectivity index (χ2n) is 2.98. The molecule has 0 fully saturated rings. The van der Waals surface area contributed by atoms with Crippen molar-refractivity contribution >= 4 is 17.2 Å². The summed E-state index contributed by atoms with van der Waals surface area (Å²) in [6, 6.07) is 0. The molecular formula is C9H15N3OS. The van der Waals surface area contributed by atoms with E-state index < -0.39 is 0 Å². The summed E-state index contributed by atoms with van der Waals surface area (Å²) in [4.78, 5) is 15.6. The standard InChI is InChI=1S/C9H15N3OS/c1-2-7(5-10)9(13)12-6-8-11-3-4-14-8/h3-4,7H,2,5-6,10H2,1H3,(H,12,13). The third-order valence-electron chi connectivity index (χ3n) is 2.05. The van der Waals surface area contributed by atoms with Crippen LogP contribution in [0.5, 0.6) is 0 Å². The molecule has 4 nitrogen and oxygen atoms in total. The third kappa shape index (κ3) is 3.08. The van der Waals surface area contributed by atoms with Crippen LogP contribution in [0.15, 0.2) is 11.6 Å². The van der Waals surface area contributed by atoms with E-state index >= 15 is 0 Å². The van der Waals surface area contributed by atoms with Crippen molar-refractivity contribution in [2.75, 3.05) is 6.54 Å². The summed E-state index contributed by atoms with van der Waals surface area (Å²) in [6.07, 6.45) is 2.51. The number of aromatic nitrogens is 1. The lowest BCUT2D eigenvalue weighted by molar-refractivity contribution is -0.124. The Kier molecular flexibility index (Phi) is 4.55. The zero-order valence-electron chi connectivity index (χ0n) is 8.19. The maximum Gasteiger partial charge on any atom is 0.224 e. The molecule has 0 radical (unpaired) electrons. The summed E-state index contributed by atoms with van der Waals surface area (Å²) < 4.78 is 0. The molecular weight excluding hydrogens is 198 g/mol. The molecule has 5 heteroatoms. The van der Waals surface area contributed by atoms with Gasteiger partial charge in [-0.1, -0.05) is 6.92 Å². The molecule has 1 amide bonds. The van der Waals surface area contributed by atoms with Crippen molar-refractivity contribution in [3.8, 4) is 0 Å². The van der Waals surface area contributed by atoms with Gasteiger partial charge in [-0.25, -0.2) is 4.98 Å². The van der Waals surface area contributed by atoms with Crippen molar-refractivity contribution in [1.29, 1.82) is 0 Å². The van der Waals surface area contributed by atoms with E-state index in [4.69, 9.17) is 5.73 Å². The van der Waals surface area contributed by atoms with Crippen LogP contribution in [-0.4, -0.2) is 17.4 Å². The van der Waals surface area contributed by atoms with Gasteiger partial charge < -0.3 is 11.1 Å². The van der Waals surface area contributed by atoms with E-state index in [-0.39, 0.29) is 11.8 Å². The van der Waals surface area contributed by atoms with E-state index in [0.717, 1.165) is 11.4 Å². The highest BCUT2D eigenvalue weighted by atomic mass is 32.1. The fraction of sp³-hybridized carbons (Fsp3) is 0.556. The smallest absolute Gasteiger partial charge is 0.224 e. The first-order valence-electron chi connectivity index (χ1n) is 4.64. The van der Waals surface area contributed by atoms with E-state index in [0.29, 0.717) is 13.1 Å². The first-order valence-corrected chi connectivity index (χ1v) is 5.52. The molecule has 0 bridgehead atoms. The quantitative estimate of drug-likeness (QED) is 0.758. The number of hydrogen-bond acceptors (Lipinski definition) is 4. The molecule has 14 heavy (non-hydrogen) atoms.